The van der Waals surface area contributed by atoms with Crippen molar-refractivity contribution in [1.29, 1.82) is 0 Å². The Morgan fingerprint density at radius 3 is 3.23 bits per heavy atom. The lowest BCUT2D eigenvalue weighted by molar-refractivity contribution is 0.102. The maximum atomic E-state index is 11.4. The summed E-state index contributed by atoms with van der Waals surface area (Å²) in [6, 6.07) is 1.85. The Kier molecular flexibility index (Phi) is 2.14. The third-order valence-corrected chi connectivity index (χ3v) is 2.41. The van der Waals surface area contributed by atoms with E-state index in [1.165, 1.54) is 0 Å². The SMILES string of the molecule is O=C(CBr)c1c[nH]c2ccncc12. The smallest absolute Gasteiger partial charge is 0.175 e. The van der Waals surface area contributed by atoms with Crippen LogP contribution in [-0.2, 0) is 0 Å². The van der Waals surface area contributed by atoms with E-state index in [-0.39, 0.29) is 5.78 Å². The lowest BCUT2D eigenvalue weighted by Crippen LogP contribution is -1.97. The molecule has 2 rings (SSSR count). The average Bonchev–Trinajstić information content (AvgIpc) is 2.60. The molecule has 0 radical (unpaired) electrons. The summed E-state index contributed by atoms with van der Waals surface area (Å²) in [6.07, 6.45) is 5.11. The number of carbonyl (C=O) groups is 1. The highest BCUT2D eigenvalue weighted by Crippen LogP contribution is 2.17. The van der Waals surface area contributed by atoms with Gasteiger partial charge in [0, 0.05) is 35.1 Å². The number of fused-ring (bicyclic) bond motifs is 1. The minimum atomic E-state index is 0.0688. The number of nitrogens with one attached hydrogen (secondary N) is 1. The third-order valence-electron chi connectivity index (χ3n) is 1.91. The second-order valence-corrected chi connectivity index (χ2v) is 3.24. The lowest BCUT2D eigenvalue weighted by Gasteiger charge is -1.92. The van der Waals surface area contributed by atoms with Crippen LogP contribution in [0.15, 0.2) is 24.7 Å². The van der Waals surface area contributed by atoms with Crippen molar-refractivity contribution >= 4 is 32.6 Å². The second-order valence-electron chi connectivity index (χ2n) is 2.68. The van der Waals surface area contributed by atoms with E-state index in [0.29, 0.717) is 10.9 Å². The van der Waals surface area contributed by atoms with Crippen molar-refractivity contribution in [1.82, 2.24) is 9.97 Å². The molecule has 0 spiro atoms. The summed E-state index contributed by atoms with van der Waals surface area (Å²) in [7, 11) is 0. The minimum absolute atomic E-state index is 0.0688. The van der Waals surface area contributed by atoms with Crippen LogP contribution < -0.4 is 0 Å². The lowest BCUT2D eigenvalue weighted by atomic mass is 10.2. The Labute approximate surface area is 83.3 Å². The molecule has 3 nitrogen and oxygen atoms in total. The van der Waals surface area contributed by atoms with Crippen molar-refractivity contribution in [2.45, 2.75) is 0 Å². The first-order valence-corrected chi connectivity index (χ1v) is 4.95. The average molecular weight is 239 g/mol. The van der Waals surface area contributed by atoms with E-state index < -0.39 is 0 Å². The summed E-state index contributed by atoms with van der Waals surface area (Å²) in [5, 5.41) is 1.22. The van der Waals surface area contributed by atoms with Crippen molar-refractivity contribution in [2.75, 3.05) is 5.33 Å². The number of rotatable bonds is 2. The number of hydrogen-bond donors (Lipinski definition) is 1. The fourth-order valence-electron chi connectivity index (χ4n) is 1.27. The molecular formula is C9H7BrN2O. The molecule has 0 aliphatic heterocycles. The van der Waals surface area contributed by atoms with Gasteiger partial charge in [-0.3, -0.25) is 9.78 Å². The van der Waals surface area contributed by atoms with Gasteiger partial charge < -0.3 is 4.98 Å². The maximum Gasteiger partial charge on any atom is 0.175 e. The van der Waals surface area contributed by atoms with Gasteiger partial charge in [0.25, 0.3) is 0 Å². The predicted molar refractivity (Wildman–Crippen MR) is 54.2 cm³/mol. The summed E-state index contributed by atoms with van der Waals surface area (Å²) in [5.41, 5.74) is 1.64. The number of carbonyl (C=O) groups excluding carboxylic acids is 1. The Balaban J connectivity index is 2.64. The number of pyridine rings is 1. The molecule has 2 heterocycles. The first-order valence-electron chi connectivity index (χ1n) is 3.83. The zero-order chi connectivity index (χ0) is 9.26. The number of aromatic amines is 1. The largest absolute Gasteiger partial charge is 0.360 e. The molecule has 2 aromatic rings. The topological polar surface area (TPSA) is 45.8 Å². The highest BCUT2D eigenvalue weighted by molar-refractivity contribution is 9.09. The Morgan fingerprint density at radius 1 is 1.62 bits per heavy atom. The minimum Gasteiger partial charge on any atom is -0.360 e. The second kappa shape index (κ2) is 3.30. The Hall–Kier alpha value is -1.16. The molecule has 0 saturated carbocycles. The number of nitrogens with zero attached hydrogens (tertiary/aromatic N) is 1. The molecule has 4 heteroatoms. The van der Waals surface area contributed by atoms with Gasteiger partial charge in [-0.1, -0.05) is 15.9 Å². The molecule has 0 aliphatic rings. The molecule has 1 N–H and O–H groups in total. The van der Waals surface area contributed by atoms with E-state index in [9.17, 15) is 4.79 Å². The zero-order valence-corrected chi connectivity index (χ0v) is 8.34. The van der Waals surface area contributed by atoms with Crippen LogP contribution in [0, 0.1) is 0 Å². The Bertz CT molecular complexity index is 450. The summed E-state index contributed by atoms with van der Waals surface area (Å²) in [6.45, 7) is 0. The van der Waals surface area contributed by atoms with Gasteiger partial charge in [-0.2, -0.15) is 0 Å². The van der Waals surface area contributed by atoms with Crippen LogP contribution in [-0.4, -0.2) is 21.1 Å². The van der Waals surface area contributed by atoms with E-state index in [2.05, 4.69) is 25.9 Å². The first-order chi connectivity index (χ1) is 6.33. The summed E-state index contributed by atoms with van der Waals surface area (Å²) in [4.78, 5) is 18.4. The predicted octanol–water partition coefficient (Wildman–Crippen LogP) is 2.14. The molecule has 0 fully saturated rings. The van der Waals surface area contributed by atoms with Crippen LogP contribution in [0.4, 0.5) is 0 Å². The monoisotopic (exact) mass is 238 g/mol. The number of ketones is 1. The molecule has 0 aromatic carbocycles. The van der Waals surface area contributed by atoms with E-state index in [0.717, 1.165) is 10.9 Å². The van der Waals surface area contributed by atoms with Gasteiger partial charge in [0.1, 0.15) is 0 Å². The molecule has 13 heavy (non-hydrogen) atoms. The normalized spacial score (nSPS) is 10.5. The van der Waals surface area contributed by atoms with Crippen LogP contribution in [0.2, 0.25) is 0 Å². The van der Waals surface area contributed by atoms with Crippen LogP contribution in [0.25, 0.3) is 10.9 Å². The first kappa shape index (κ1) is 8.44. The van der Waals surface area contributed by atoms with Gasteiger partial charge in [0.2, 0.25) is 0 Å². The molecule has 66 valence electrons. The number of hydrogen-bond acceptors (Lipinski definition) is 2. The molecule has 2 aromatic heterocycles. The molecule has 0 bridgehead atoms. The molecule has 0 amide bonds. The van der Waals surface area contributed by atoms with Gasteiger partial charge in [0.15, 0.2) is 5.78 Å². The van der Waals surface area contributed by atoms with Crippen LogP contribution >= 0.6 is 15.9 Å². The van der Waals surface area contributed by atoms with E-state index in [1.54, 1.807) is 18.6 Å². The summed E-state index contributed by atoms with van der Waals surface area (Å²) in [5.74, 6) is 0.0688. The molecule has 0 unspecified atom stereocenters. The number of Topliss-reactive ketones (excluding diaryl/α,β-unsaturated/α-hetero) is 1. The highest BCUT2D eigenvalue weighted by atomic mass is 79.9. The standard InChI is InChI=1S/C9H7BrN2O/c10-3-9(13)7-5-12-8-1-2-11-4-6(7)8/h1-2,4-5,12H,3H2. The number of H-pyrrole nitrogens is 1. The maximum absolute atomic E-state index is 11.4. The van der Waals surface area contributed by atoms with Crippen LogP contribution in [0.1, 0.15) is 10.4 Å². The number of alkyl halides is 1. The number of halogens is 1. The third kappa shape index (κ3) is 1.37. The Morgan fingerprint density at radius 2 is 2.46 bits per heavy atom. The van der Waals surface area contributed by atoms with Crippen molar-refractivity contribution in [2.24, 2.45) is 0 Å². The van der Waals surface area contributed by atoms with Crippen molar-refractivity contribution in [3.05, 3.63) is 30.2 Å². The van der Waals surface area contributed by atoms with Crippen molar-refractivity contribution < 1.29 is 4.79 Å². The molecular weight excluding hydrogens is 232 g/mol. The quantitative estimate of drug-likeness (QED) is 0.644. The number of aromatic nitrogens is 2. The molecule has 0 aliphatic carbocycles. The summed E-state index contributed by atoms with van der Waals surface area (Å²) < 4.78 is 0. The molecule has 0 atom stereocenters. The van der Waals surface area contributed by atoms with Crippen molar-refractivity contribution in [3.8, 4) is 0 Å². The van der Waals surface area contributed by atoms with Crippen molar-refractivity contribution in [3.63, 3.8) is 0 Å². The van der Waals surface area contributed by atoms with E-state index in [4.69, 9.17) is 0 Å². The van der Waals surface area contributed by atoms with Gasteiger partial charge in [-0.15, -0.1) is 0 Å². The zero-order valence-electron chi connectivity index (χ0n) is 6.75. The van der Waals surface area contributed by atoms with Gasteiger partial charge in [-0.25, -0.2) is 0 Å². The van der Waals surface area contributed by atoms with E-state index in [1.807, 2.05) is 6.07 Å². The van der Waals surface area contributed by atoms with Gasteiger partial charge >= 0.3 is 0 Å². The fourth-order valence-corrected chi connectivity index (χ4v) is 1.57. The van der Waals surface area contributed by atoms with Gasteiger partial charge in [-0.05, 0) is 6.07 Å². The molecule has 0 saturated heterocycles. The highest BCUT2D eigenvalue weighted by Gasteiger charge is 2.09. The fraction of sp³-hybridized carbons (Fsp3) is 0.111. The van der Waals surface area contributed by atoms with Crippen LogP contribution in [0.3, 0.4) is 0 Å². The van der Waals surface area contributed by atoms with E-state index >= 15 is 0 Å². The van der Waals surface area contributed by atoms with Gasteiger partial charge in [0.05, 0.1) is 5.33 Å². The summed E-state index contributed by atoms with van der Waals surface area (Å²) >= 11 is 3.14. The van der Waals surface area contributed by atoms with Crippen LogP contribution in [0.5, 0.6) is 0 Å².